The van der Waals surface area contributed by atoms with Crippen molar-refractivity contribution in [2.75, 3.05) is 41.0 Å². The van der Waals surface area contributed by atoms with Crippen LogP contribution < -0.4 is 34.0 Å². The summed E-state index contributed by atoms with van der Waals surface area (Å²) in [5, 5.41) is 0.809. The third-order valence-corrected chi connectivity index (χ3v) is 14.0. The van der Waals surface area contributed by atoms with Crippen molar-refractivity contribution < 1.29 is 75.8 Å². The Morgan fingerprint density at radius 3 is 1.44 bits per heavy atom. The first kappa shape index (κ1) is 55.8. The number of fused-ring (bicyclic) bond motifs is 7. The van der Waals surface area contributed by atoms with Crippen molar-refractivity contribution in [2.24, 2.45) is 0 Å². The van der Waals surface area contributed by atoms with E-state index in [1.165, 1.54) is 42.1 Å². The minimum absolute atomic E-state index is 0.0386. The molecule has 0 N–H and O–H groups in total. The fourth-order valence-electron chi connectivity index (χ4n) is 10.7. The molecular formula is C58H68N4O17. The molecule has 4 aliphatic rings. The van der Waals surface area contributed by atoms with Crippen LogP contribution in [0.5, 0.6) is 34.5 Å². The number of aryl methyl sites for hydroxylation is 2. The van der Waals surface area contributed by atoms with E-state index in [1.807, 2.05) is 4.57 Å². The van der Waals surface area contributed by atoms with E-state index < -0.39 is 76.7 Å². The minimum atomic E-state index is -0.954. The van der Waals surface area contributed by atoms with E-state index in [0.717, 1.165) is 5.56 Å². The number of esters is 3. The maximum atomic E-state index is 14.7. The van der Waals surface area contributed by atoms with Crippen LogP contribution in [0.25, 0.3) is 44.3 Å². The van der Waals surface area contributed by atoms with Crippen LogP contribution in [0.1, 0.15) is 106 Å². The molecule has 3 atom stereocenters. The molecule has 3 fully saturated rings. The smallest absolute Gasteiger partial charge is 0.411 e. The first-order valence-corrected chi connectivity index (χ1v) is 26.5. The molecule has 0 spiro atoms. The second-order valence-corrected chi connectivity index (χ2v) is 23.0. The number of rotatable bonds is 10. The summed E-state index contributed by atoms with van der Waals surface area (Å²) in [4.78, 5) is 100. The van der Waals surface area contributed by atoms with Crippen LogP contribution in [0.4, 0.5) is 14.4 Å². The van der Waals surface area contributed by atoms with Crippen molar-refractivity contribution >= 4 is 58.1 Å². The van der Waals surface area contributed by atoms with Gasteiger partial charge < -0.3 is 51.6 Å². The predicted molar refractivity (Wildman–Crippen MR) is 287 cm³/mol. The summed E-state index contributed by atoms with van der Waals surface area (Å²) in [5.41, 5.74) is 0.0339. The molecule has 4 aliphatic heterocycles. The number of carbonyl (C=O) groups excluding carboxylic acids is 6. The van der Waals surface area contributed by atoms with Gasteiger partial charge in [0.1, 0.15) is 46.0 Å². The first-order valence-electron chi connectivity index (χ1n) is 26.5. The number of nitrogens with zero attached hydrogens (tertiary/aromatic N) is 4. The lowest BCUT2D eigenvalue weighted by Crippen LogP contribution is -2.44. The molecule has 9 rings (SSSR count). The fourth-order valence-corrected chi connectivity index (χ4v) is 10.7. The molecule has 3 aromatic carbocycles. The number of aromatic nitrogens is 1. The number of hydrogen-bond donors (Lipinski definition) is 0. The van der Waals surface area contributed by atoms with Crippen LogP contribution in [-0.4, -0.2) is 131 Å². The van der Waals surface area contributed by atoms with Crippen molar-refractivity contribution in [2.45, 2.75) is 149 Å². The van der Waals surface area contributed by atoms with Crippen LogP contribution in [0, 0.1) is 0 Å². The fraction of sp³-hybridized carbons (Fsp3) is 0.500. The summed E-state index contributed by atoms with van der Waals surface area (Å²) in [6.45, 7) is 16.9. The average molecular weight is 1090 g/mol. The van der Waals surface area contributed by atoms with Crippen molar-refractivity contribution in [3.63, 3.8) is 0 Å². The van der Waals surface area contributed by atoms with Gasteiger partial charge in [0.25, 0.3) is 0 Å². The zero-order chi connectivity index (χ0) is 57.0. The molecular weight excluding hydrogens is 1020 g/mol. The number of amides is 3. The van der Waals surface area contributed by atoms with Crippen molar-refractivity contribution in [3.8, 4) is 56.9 Å². The Balaban J connectivity index is 1.16. The lowest BCUT2D eigenvalue weighted by atomic mass is 9.91. The Labute approximate surface area is 456 Å². The quantitative estimate of drug-likeness (QED) is 0.0548. The van der Waals surface area contributed by atoms with Gasteiger partial charge in [-0.3, -0.25) is 14.7 Å². The van der Waals surface area contributed by atoms with E-state index in [1.54, 1.807) is 98.7 Å². The van der Waals surface area contributed by atoms with E-state index in [4.69, 9.17) is 47.0 Å². The maximum absolute atomic E-state index is 14.7. The van der Waals surface area contributed by atoms with Gasteiger partial charge in [-0.25, -0.2) is 33.6 Å². The Bertz CT molecular complexity index is 3340. The number of benzene rings is 3. The molecule has 2 aromatic heterocycles. The molecule has 0 radical (unpaired) electrons. The van der Waals surface area contributed by atoms with Crippen LogP contribution in [-0.2, 0) is 41.6 Å². The van der Waals surface area contributed by atoms with Gasteiger partial charge in [-0.1, -0.05) is 6.07 Å². The summed E-state index contributed by atoms with van der Waals surface area (Å²) in [6, 6.07) is 8.65. The predicted octanol–water partition coefficient (Wildman–Crippen LogP) is 9.58. The molecule has 0 unspecified atom stereocenters. The lowest BCUT2D eigenvalue weighted by Gasteiger charge is -2.28. The van der Waals surface area contributed by atoms with E-state index in [-0.39, 0.29) is 58.7 Å². The number of carbonyl (C=O) groups is 6. The highest BCUT2D eigenvalue weighted by atomic mass is 16.6. The summed E-state index contributed by atoms with van der Waals surface area (Å²) in [5.74, 6) is -1.50. The standard InChI is InChI=1S/C58H68N4O17/c1-56(2,3)77-53(67)59-22-13-16-35(59)49(63)73-38-20-19-32(27-40(38)70-10)45-46-34-29-42(72-12)44(76-51(65)37-18-15-24-61(37)55(69)79-58(7,8)9)30-39(34)74-52(66)48(46)62-25-21-31-26-43(41(71-11)28-33(31)47(45)62)75-50(64)36-17-14-23-60(36)54(68)78-57(4,5)6/h19-20,26-30,35-37H,13-18,21-25H2,1-12H3/t35-,36-,37-/m0/s1. The minimum Gasteiger partial charge on any atom is -0.493 e. The first-order chi connectivity index (χ1) is 37.3. The van der Waals surface area contributed by atoms with Crippen LogP contribution in [0.3, 0.4) is 0 Å². The molecule has 5 aromatic rings. The summed E-state index contributed by atoms with van der Waals surface area (Å²) >= 11 is 0. The Hall–Kier alpha value is -7.97. The van der Waals surface area contributed by atoms with E-state index in [2.05, 4.69) is 0 Å². The summed E-state index contributed by atoms with van der Waals surface area (Å²) < 4.78 is 60.5. The third-order valence-electron chi connectivity index (χ3n) is 14.0. The Morgan fingerprint density at radius 2 is 0.975 bits per heavy atom. The maximum Gasteiger partial charge on any atom is 0.411 e. The molecule has 3 amide bonds. The van der Waals surface area contributed by atoms with Gasteiger partial charge in [-0.2, -0.15) is 0 Å². The van der Waals surface area contributed by atoms with Gasteiger partial charge >= 0.3 is 41.8 Å². The molecule has 21 heteroatoms. The monoisotopic (exact) mass is 1090 g/mol. The summed E-state index contributed by atoms with van der Waals surface area (Å²) in [6.07, 6.45) is 1.21. The largest absolute Gasteiger partial charge is 0.493 e. The molecule has 3 saturated heterocycles. The highest BCUT2D eigenvalue weighted by Crippen LogP contribution is 2.50. The Kier molecular flexibility index (Phi) is 15.1. The van der Waals surface area contributed by atoms with Crippen LogP contribution in [0.2, 0.25) is 0 Å². The lowest BCUT2D eigenvalue weighted by molar-refractivity contribution is -0.140. The van der Waals surface area contributed by atoms with Crippen LogP contribution >= 0.6 is 0 Å². The second-order valence-electron chi connectivity index (χ2n) is 23.0. The molecule has 21 nitrogen and oxygen atoms in total. The average Bonchev–Trinajstić information content (AvgIpc) is 3.98. The van der Waals surface area contributed by atoms with Crippen molar-refractivity contribution in [1.82, 2.24) is 19.3 Å². The van der Waals surface area contributed by atoms with Gasteiger partial charge in [0.15, 0.2) is 34.5 Å². The van der Waals surface area contributed by atoms with E-state index >= 15 is 0 Å². The highest BCUT2D eigenvalue weighted by molar-refractivity contribution is 6.17. The van der Waals surface area contributed by atoms with E-state index in [0.29, 0.717) is 91.2 Å². The molecule has 0 saturated carbocycles. The van der Waals surface area contributed by atoms with Gasteiger partial charge in [0.2, 0.25) is 0 Å². The highest BCUT2D eigenvalue weighted by Gasteiger charge is 2.42. The number of methoxy groups -OCH3 is 3. The SMILES string of the molecule is COc1cc(-c2c3n(c4c(=O)oc5cc(OC(=O)[C@@H]6CCCN6C(=O)OC(C)(C)C)c(OC)cc5c24)CCc2cc(OC(=O)[C@@H]4CCCN4C(=O)OC(C)(C)C)c(OC)cc2-3)ccc1OC(=O)[C@@H]1CCCN1C(=O)OC(C)(C)C. The van der Waals surface area contributed by atoms with Gasteiger partial charge in [0.05, 0.1) is 27.0 Å². The van der Waals surface area contributed by atoms with Gasteiger partial charge in [0, 0.05) is 54.1 Å². The molecule has 6 heterocycles. The number of hydrogen-bond acceptors (Lipinski definition) is 17. The normalized spacial score (nSPS) is 18.2. The molecule has 0 aliphatic carbocycles. The molecule has 422 valence electrons. The third kappa shape index (κ3) is 11.3. The van der Waals surface area contributed by atoms with Gasteiger partial charge in [-0.05, 0) is 149 Å². The molecule has 79 heavy (non-hydrogen) atoms. The van der Waals surface area contributed by atoms with Gasteiger partial charge in [-0.15, -0.1) is 0 Å². The topological polar surface area (TPSA) is 230 Å². The second kappa shape index (κ2) is 21.3. The zero-order valence-corrected chi connectivity index (χ0v) is 46.8. The van der Waals surface area contributed by atoms with E-state index in [9.17, 15) is 33.6 Å². The number of likely N-dealkylation sites (tertiary alicyclic amines) is 3. The summed E-state index contributed by atoms with van der Waals surface area (Å²) in [7, 11) is 4.26. The van der Waals surface area contributed by atoms with Crippen molar-refractivity contribution in [3.05, 3.63) is 58.4 Å². The Morgan fingerprint density at radius 1 is 0.532 bits per heavy atom. The molecule has 0 bridgehead atoms. The van der Waals surface area contributed by atoms with Crippen molar-refractivity contribution in [1.29, 1.82) is 0 Å². The van der Waals surface area contributed by atoms with Crippen LogP contribution in [0.15, 0.2) is 51.7 Å². The number of ether oxygens (including phenoxy) is 9. The zero-order valence-electron chi connectivity index (χ0n) is 46.8.